The lowest BCUT2D eigenvalue weighted by Crippen LogP contribution is -2.40. The predicted molar refractivity (Wildman–Crippen MR) is 113 cm³/mol. The molecule has 2 aromatic carbocycles. The van der Waals surface area contributed by atoms with E-state index in [0.717, 1.165) is 0 Å². The third-order valence-electron chi connectivity index (χ3n) is 5.42. The van der Waals surface area contributed by atoms with E-state index < -0.39 is 5.97 Å². The molecule has 0 aromatic heterocycles. The van der Waals surface area contributed by atoms with Crippen LogP contribution in [0.5, 0.6) is 11.5 Å². The number of ether oxygens (including phenoxy) is 3. The second-order valence-electron chi connectivity index (χ2n) is 7.46. The number of hydrogen-bond acceptors (Lipinski definition) is 6. The summed E-state index contributed by atoms with van der Waals surface area (Å²) in [5, 5.41) is 0.573. The highest BCUT2D eigenvalue weighted by Gasteiger charge is 2.29. The maximum Gasteiger partial charge on any atom is 0.309 e. The van der Waals surface area contributed by atoms with Crippen LogP contribution in [0.25, 0.3) is 0 Å². The third kappa shape index (κ3) is 4.99. The minimum Gasteiger partial charge on any atom is -0.486 e. The molecular formula is C23H22ClNO6. The van der Waals surface area contributed by atoms with Crippen molar-refractivity contribution in [2.75, 3.05) is 32.9 Å². The van der Waals surface area contributed by atoms with Gasteiger partial charge < -0.3 is 19.1 Å². The maximum atomic E-state index is 12.6. The molecule has 31 heavy (non-hydrogen) atoms. The topological polar surface area (TPSA) is 82.1 Å². The highest BCUT2D eigenvalue weighted by atomic mass is 35.5. The zero-order valence-electron chi connectivity index (χ0n) is 16.8. The molecule has 1 fully saturated rings. The van der Waals surface area contributed by atoms with Crippen molar-refractivity contribution >= 4 is 29.3 Å². The summed E-state index contributed by atoms with van der Waals surface area (Å²) < 4.78 is 16.2. The van der Waals surface area contributed by atoms with Gasteiger partial charge in [-0.2, -0.15) is 0 Å². The predicted octanol–water partition coefficient (Wildman–Crippen LogP) is 3.39. The molecule has 1 amide bonds. The first-order valence-electron chi connectivity index (χ1n) is 10.2. The molecule has 0 unspecified atom stereocenters. The fourth-order valence-corrected chi connectivity index (χ4v) is 3.77. The molecule has 8 heteroatoms. The average molecular weight is 444 g/mol. The van der Waals surface area contributed by atoms with Crippen molar-refractivity contribution in [2.24, 2.45) is 5.92 Å². The van der Waals surface area contributed by atoms with Gasteiger partial charge >= 0.3 is 5.97 Å². The van der Waals surface area contributed by atoms with E-state index in [4.69, 9.17) is 25.8 Å². The molecular weight excluding hydrogens is 422 g/mol. The molecule has 0 radical (unpaired) electrons. The fraction of sp³-hybridized carbons (Fsp3) is 0.348. The van der Waals surface area contributed by atoms with Crippen molar-refractivity contribution < 1.29 is 28.6 Å². The zero-order valence-corrected chi connectivity index (χ0v) is 17.6. The van der Waals surface area contributed by atoms with Gasteiger partial charge in [0, 0.05) is 29.2 Å². The summed E-state index contributed by atoms with van der Waals surface area (Å²) in [7, 11) is 0. The number of rotatable bonds is 5. The molecule has 1 saturated heterocycles. The molecule has 0 saturated carbocycles. The Kier molecular flexibility index (Phi) is 6.42. The largest absolute Gasteiger partial charge is 0.486 e. The standard InChI is InChI=1S/C23H22ClNO6/c24-18-4-1-15(2-5-18)22(27)25-9-7-16(8-10-25)23(28)31-14-19(26)17-3-6-20-21(13-17)30-12-11-29-20/h1-6,13,16H,7-12,14H2. The van der Waals surface area contributed by atoms with Crippen molar-refractivity contribution in [1.29, 1.82) is 0 Å². The van der Waals surface area contributed by atoms with Gasteiger partial charge in [-0.05, 0) is 55.3 Å². The van der Waals surface area contributed by atoms with Crippen LogP contribution in [0.2, 0.25) is 5.02 Å². The molecule has 0 spiro atoms. The Balaban J connectivity index is 1.26. The number of esters is 1. The minimum atomic E-state index is -0.413. The molecule has 0 atom stereocenters. The first-order valence-corrected chi connectivity index (χ1v) is 10.5. The number of halogens is 1. The van der Waals surface area contributed by atoms with Crippen LogP contribution < -0.4 is 9.47 Å². The molecule has 0 aliphatic carbocycles. The van der Waals surface area contributed by atoms with Crippen LogP contribution in [0.4, 0.5) is 0 Å². The molecule has 4 rings (SSSR count). The Morgan fingerprint density at radius 2 is 1.58 bits per heavy atom. The number of likely N-dealkylation sites (tertiary alicyclic amines) is 1. The van der Waals surface area contributed by atoms with Crippen LogP contribution in [-0.2, 0) is 9.53 Å². The normalized spacial score (nSPS) is 16.0. The Bertz CT molecular complexity index is 982. The summed E-state index contributed by atoms with van der Waals surface area (Å²) in [6.07, 6.45) is 0.993. The van der Waals surface area contributed by atoms with Gasteiger partial charge in [-0.1, -0.05) is 11.6 Å². The second kappa shape index (κ2) is 9.39. The summed E-state index contributed by atoms with van der Waals surface area (Å²) in [5.41, 5.74) is 0.968. The van der Waals surface area contributed by atoms with Crippen LogP contribution in [0.15, 0.2) is 42.5 Å². The smallest absolute Gasteiger partial charge is 0.309 e. The van der Waals surface area contributed by atoms with Crippen LogP contribution in [-0.4, -0.2) is 55.5 Å². The van der Waals surface area contributed by atoms with Crippen LogP contribution in [0.3, 0.4) is 0 Å². The number of amides is 1. The number of carbonyl (C=O) groups excluding carboxylic acids is 3. The zero-order chi connectivity index (χ0) is 21.8. The number of piperidine rings is 1. The molecule has 7 nitrogen and oxygen atoms in total. The number of hydrogen-bond donors (Lipinski definition) is 0. The molecule has 2 aliphatic heterocycles. The maximum absolute atomic E-state index is 12.6. The van der Waals surface area contributed by atoms with Crippen LogP contribution >= 0.6 is 11.6 Å². The van der Waals surface area contributed by atoms with Crippen LogP contribution in [0, 0.1) is 5.92 Å². The van der Waals surface area contributed by atoms with Gasteiger partial charge in [-0.25, -0.2) is 0 Å². The van der Waals surface area contributed by atoms with Crippen molar-refractivity contribution in [3.63, 3.8) is 0 Å². The van der Waals surface area contributed by atoms with E-state index >= 15 is 0 Å². The van der Waals surface area contributed by atoms with E-state index in [-0.39, 0.29) is 24.2 Å². The first-order chi connectivity index (χ1) is 15.0. The molecule has 0 bridgehead atoms. The summed E-state index contributed by atoms with van der Waals surface area (Å²) >= 11 is 5.87. The van der Waals surface area contributed by atoms with Crippen molar-refractivity contribution in [1.82, 2.24) is 4.90 Å². The monoisotopic (exact) mass is 443 g/mol. The van der Waals surface area contributed by atoms with Gasteiger partial charge in [0.25, 0.3) is 5.91 Å². The number of nitrogens with zero attached hydrogens (tertiary/aromatic N) is 1. The highest BCUT2D eigenvalue weighted by Crippen LogP contribution is 2.31. The van der Waals surface area contributed by atoms with Gasteiger partial charge in [0.1, 0.15) is 13.2 Å². The molecule has 0 N–H and O–H groups in total. The van der Waals surface area contributed by atoms with Crippen molar-refractivity contribution in [3.05, 3.63) is 58.6 Å². The average Bonchev–Trinajstić information content (AvgIpc) is 2.82. The summed E-state index contributed by atoms with van der Waals surface area (Å²) in [6.45, 7) is 1.48. The highest BCUT2D eigenvalue weighted by molar-refractivity contribution is 6.30. The van der Waals surface area contributed by atoms with E-state index in [1.54, 1.807) is 47.4 Å². The molecule has 2 aliphatic rings. The van der Waals surface area contributed by atoms with E-state index in [2.05, 4.69) is 0 Å². The summed E-state index contributed by atoms with van der Waals surface area (Å²) in [6, 6.07) is 11.6. The van der Waals surface area contributed by atoms with Gasteiger partial charge in [0.15, 0.2) is 23.9 Å². The molecule has 2 aromatic rings. The number of carbonyl (C=O) groups is 3. The lowest BCUT2D eigenvalue weighted by Gasteiger charge is -2.31. The number of ketones is 1. The fourth-order valence-electron chi connectivity index (χ4n) is 3.65. The molecule has 2 heterocycles. The Hall–Kier alpha value is -3.06. The SMILES string of the molecule is O=C(COC(=O)C1CCN(C(=O)c2ccc(Cl)cc2)CC1)c1ccc2c(c1)OCCO2. The van der Waals surface area contributed by atoms with Gasteiger partial charge in [-0.15, -0.1) is 0 Å². The Morgan fingerprint density at radius 1 is 0.935 bits per heavy atom. The van der Waals surface area contributed by atoms with Gasteiger partial charge in [0.05, 0.1) is 5.92 Å². The Labute approximate surface area is 184 Å². The summed E-state index contributed by atoms with van der Waals surface area (Å²) in [4.78, 5) is 39.1. The summed E-state index contributed by atoms with van der Waals surface area (Å²) in [5.74, 6) is -0.0226. The van der Waals surface area contributed by atoms with Gasteiger partial charge in [0.2, 0.25) is 0 Å². The van der Waals surface area contributed by atoms with E-state index in [1.165, 1.54) is 0 Å². The van der Waals surface area contributed by atoms with E-state index in [1.807, 2.05) is 0 Å². The minimum absolute atomic E-state index is 0.0859. The number of Topliss-reactive ketones (excluding diaryl/α,β-unsaturated/α-hetero) is 1. The lowest BCUT2D eigenvalue weighted by atomic mass is 9.96. The third-order valence-corrected chi connectivity index (χ3v) is 5.67. The first kappa shape index (κ1) is 21.2. The number of benzene rings is 2. The lowest BCUT2D eigenvalue weighted by molar-refractivity contribution is -0.148. The van der Waals surface area contributed by atoms with E-state index in [0.29, 0.717) is 66.8 Å². The number of fused-ring (bicyclic) bond motifs is 1. The van der Waals surface area contributed by atoms with Gasteiger partial charge in [-0.3, -0.25) is 14.4 Å². The van der Waals surface area contributed by atoms with Crippen molar-refractivity contribution in [2.45, 2.75) is 12.8 Å². The second-order valence-corrected chi connectivity index (χ2v) is 7.90. The van der Waals surface area contributed by atoms with Crippen LogP contribution in [0.1, 0.15) is 33.6 Å². The Morgan fingerprint density at radius 3 is 2.29 bits per heavy atom. The molecule has 162 valence electrons. The van der Waals surface area contributed by atoms with Crippen molar-refractivity contribution in [3.8, 4) is 11.5 Å². The van der Waals surface area contributed by atoms with E-state index in [9.17, 15) is 14.4 Å². The quantitative estimate of drug-likeness (QED) is 0.520.